The monoisotopic (exact) mass is 724 g/mol. The molecule has 0 aliphatic heterocycles. The van der Waals surface area contributed by atoms with Gasteiger partial charge < -0.3 is 0 Å². The van der Waals surface area contributed by atoms with Crippen molar-refractivity contribution >= 4 is 0 Å². The fourth-order valence-electron chi connectivity index (χ4n) is 10.4. The highest BCUT2D eigenvalue weighted by molar-refractivity contribution is 5.95. The third kappa shape index (κ3) is 4.94. The molecule has 0 unspecified atom stereocenters. The normalized spacial score (nSPS) is 14.0. The lowest BCUT2D eigenvalue weighted by Gasteiger charge is -2.34. The summed E-state index contributed by atoms with van der Waals surface area (Å²) in [5.41, 5.74) is 20.1. The minimum atomic E-state index is -0.410. The van der Waals surface area contributed by atoms with Crippen molar-refractivity contribution in [2.45, 2.75) is 17.3 Å². The van der Waals surface area contributed by atoms with Crippen LogP contribution in [0.5, 0.6) is 0 Å². The van der Waals surface area contributed by atoms with Crippen molar-refractivity contribution in [1.82, 2.24) is 0 Å². The van der Waals surface area contributed by atoms with E-state index in [1.807, 2.05) is 0 Å². The van der Waals surface area contributed by atoms with E-state index in [9.17, 15) is 0 Å². The first-order valence-electron chi connectivity index (χ1n) is 20.1. The first kappa shape index (κ1) is 33.3. The van der Waals surface area contributed by atoms with E-state index in [4.69, 9.17) is 0 Å². The van der Waals surface area contributed by atoms with Gasteiger partial charge in [0.1, 0.15) is 0 Å². The van der Waals surface area contributed by atoms with Crippen molar-refractivity contribution in [3.8, 4) is 33.4 Å². The maximum Gasteiger partial charge on any atom is 0.0713 e. The van der Waals surface area contributed by atoms with Gasteiger partial charge in [-0.25, -0.2) is 0 Å². The van der Waals surface area contributed by atoms with Gasteiger partial charge in [-0.2, -0.15) is 0 Å². The molecule has 268 valence electrons. The van der Waals surface area contributed by atoms with Gasteiger partial charge in [-0.15, -0.1) is 0 Å². The van der Waals surface area contributed by atoms with Gasteiger partial charge in [-0.1, -0.05) is 231 Å². The van der Waals surface area contributed by atoms with E-state index < -0.39 is 10.8 Å². The fraction of sp³-hybridized carbons (Fsp3) is 0.0526. The molecule has 0 atom stereocenters. The molecule has 0 heterocycles. The second-order valence-corrected chi connectivity index (χ2v) is 15.5. The van der Waals surface area contributed by atoms with Crippen molar-refractivity contribution in [3.63, 3.8) is 0 Å². The SMILES string of the molecule is c1ccc(C2(c3ccccc3)c3ccccc3-c3ccc(Cc4ccc(-c5cccc6c5-c5ccccc5C6(c5ccccc5)c5ccccc5)cc4)cc32)cc1. The summed E-state index contributed by atoms with van der Waals surface area (Å²) >= 11 is 0. The summed E-state index contributed by atoms with van der Waals surface area (Å²) in [7, 11) is 0. The molecule has 11 rings (SSSR count). The average Bonchev–Trinajstić information content (AvgIpc) is 3.76. The lowest BCUT2D eigenvalue weighted by atomic mass is 9.67. The van der Waals surface area contributed by atoms with Gasteiger partial charge in [0.15, 0.2) is 0 Å². The van der Waals surface area contributed by atoms with Gasteiger partial charge >= 0.3 is 0 Å². The van der Waals surface area contributed by atoms with Gasteiger partial charge in [0.2, 0.25) is 0 Å². The molecule has 0 fully saturated rings. The third-order valence-corrected chi connectivity index (χ3v) is 12.7. The highest BCUT2D eigenvalue weighted by Gasteiger charge is 2.47. The van der Waals surface area contributed by atoms with Gasteiger partial charge in [-0.3, -0.25) is 0 Å². The summed E-state index contributed by atoms with van der Waals surface area (Å²) in [6.07, 6.45) is 0.852. The van der Waals surface area contributed by atoms with E-state index in [0.717, 1.165) is 6.42 Å². The van der Waals surface area contributed by atoms with Crippen LogP contribution in [-0.4, -0.2) is 0 Å². The fourth-order valence-corrected chi connectivity index (χ4v) is 10.4. The first-order valence-corrected chi connectivity index (χ1v) is 20.1. The number of hydrogen-bond acceptors (Lipinski definition) is 0. The molecule has 2 aliphatic carbocycles. The van der Waals surface area contributed by atoms with Crippen molar-refractivity contribution < 1.29 is 0 Å². The van der Waals surface area contributed by atoms with E-state index in [0.29, 0.717) is 0 Å². The Morgan fingerprint density at radius 1 is 0.263 bits per heavy atom. The summed E-state index contributed by atoms with van der Waals surface area (Å²) in [6.45, 7) is 0. The second-order valence-electron chi connectivity index (χ2n) is 15.5. The predicted molar refractivity (Wildman–Crippen MR) is 236 cm³/mol. The largest absolute Gasteiger partial charge is 0.0713 e. The predicted octanol–water partition coefficient (Wildman–Crippen LogP) is 13.7. The van der Waals surface area contributed by atoms with Crippen molar-refractivity contribution in [2.75, 3.05) is 0 Å². The summed E-state index contributed by atoms with van der Waals surface area (Å²) in [5.74, 6) is 0. The molecular weight excluding hydrogens is 685 g/mol. The lowest BCUT2D eigenvalue weighted by molar-refractivity contribution is 0.767. The first-order chi connectivity index (χ1) is 28.3. The standard InChI is InChI=1S/C57H40/c1-5-18-43(19-6-1)56(44-20-7-2-8-21-44)52-30-16-14-27-50(52)55-47(28-17-31-53(55)56)42-35-32-40(33-36-42)38-41-34-37-49-48-26-13-15-29-51(48)57(54(49)39-41,45-22-9-3-10-23-45)46-24-11-4-12-25-46/h1-37,39H,38H2. The van der Waals surface area contributed by atoms with Gasteiger partial charge in [0.05, 0.1) is 10.8 Å². The zero-order chi connectivity index (χ0) is 37.8. The molecule has 0 nitrogen and oxygen atoms in total. The number of benzene rings is 9. The van der Waals surface area contributed by atoms with E-state index in [1.165, 1.54) is 89.0 Å². The van der Waals surface area contributed by atoms with Gasteiger partial charge in [-0.05, 0) is 95.4 Å². The van der Waals surface area contributed by atoms with Crippen molar-refractivity contribution in [3.05, 3.63) is 286 Å². The van der Waals surface area contributed by atoms with Crippen LogP contribution in [0, 0.1) is 0 Å². The number of fused-ring (bicyclic) bond motifs is 6. The Balaban J connectivity index is 1.01. The van der Waals surface area contributed by atoms with Crippen LogP contribution in [-0.2, 0) is 17.3 Å². The Labute approximate surface area is 335 Å². The Bertz CT molecular complexity index is 2810. The highest BCUT2D eigenvalue weighted by atomic mass is 14.5. The Hall–Kier alpha value is -7.02. The molecule has 0 spiro atoms. The summed E-state index contributed by atoms with van der Waals surface area (Å²) < 4.78 is 0. The van der Waals surface area contributed by atoms with E-state index >= 15 is 0 Å². The average molecular weight is 725 g/mol. The van der Waals surface area contributed by atoms with Crippen LogP contribution in [0.15, 0.2) is 231 Å². The van der Waals surface area contributed by atoms with Crippen LogP contribution >= 0.6 is 0 Å². The molecule has 0 aromatic heterocycles. The molecule has 9 aromatic carbocycles. The van der Waals surface area contributed by atoms with Gasteiger partial charge in [0.25, 0.3) is 0 Å². The molecule has 0 saturated heterocycles. The zero-order valence-electron chi connectivity index (χ0n) is 31.6. The third-order valence-electron chi connectivity index (χ3n) is 12.7. The highest BCUT2D eigenvalue weighted by Crippen LogP contribution is 2.59. The van der Waals surface area contributed by atoms with Gasteiger partial charge in [0, 0.05) is 0 Å². The summed E-state index contributed by atoms with van der Waals surface area (Å²) in [5, 5.41) is 0. The topological polar surface area (TPSA) is 0 Å². The molecule has 57 heavy (non-hydrogen) atoms. The van der Waals surface area contributed by atoms with Crippen LogP contribution in [0.1, 0.15) is 55.6 Å². The van der Waals surface area contributed by atoms with Crippen LogP contribution in [0.25, 0.3) is 33.4 Å². The molecular formula is C57H40. The Morgan fingerprint density at radius 3 is 1.23 bits per heavy atom. The smallest absolute Gasteiger partial charge is 0.0622 e. The maximum absolute atomic E-state index is 2.48. The number of rotatable bonds is 7. The second kappa shape index (κ2) is 13.3. The summed E-state index contributed by atoms with van der Waals surface area (Å²) in [6, 6.07) is 85.7. The van der Waals surface area contributed by atoms with E-state index in [2.05, 4.69) is 231 Å². The molecule has 0 bridgehead atoms. The molecule has 0 amide bonds. The quantitative estimate of drug-likeness (QED) is 0.154. The van der Waals surface area contributed by atoms with Crippen LogP contribution in [0.2, 0.25) is 0 Å². The molecule has 9 aromatic rings. The van der Waals surface area contributed by atoms with Crippen LogP contribution in [0.3, 0.4) is 0 Å². The Kier molecular flexibility index (Phi) is 7.79. The lowest BCUT2D eigenvalue weighted by Crippen LogP contribution is -2.28. The van der Waals surface area contributed by atoms with Crippen molar-refractivity contribution in [2.24, 2.45) is 0 Å². The zero-order valence-corrected chi connectivity index (χ0v) is 31.6. The molecule has 2 aliphatic rings. The molecule has 0 N–H and O–H groups in total. The van der Waals surface area contributed by atoms with Crippen molar-refractivity contribution in [1.29, 1.82) is 0 Å². The maximum atomic E-state index is 2.48. The van der Waals surface area contributed by atoms with Crippen LogP contribution < -0.4 is 0 Å². The molecule has 0 saturated carbocycles. The minimum Gasteiger partial charge on any atom is -0.0622 e. The molecule has 0 heteroatoms. The Morgan fingerprint density at radius 2 is 0.667 bits per heavy atom. The summed E-state index contributed by atoms with van der Waals surface area (Å²) in [4.78, 5) is 0. The minimum absolute atomic E-state index is 0.396. The van der Waals surface area contributed by atoms with Crippen LogP contribution in [0.4, 0.5) is 0 Å². The van der Waals surface area contributed by atoms with E-state index in [-0.39, 0.29) is 0 Å². The molecule has 0 radical (unpaired) electrons. The van der Waals surface area contributed by atoms with E-state index in [1.54, 1.807) is 0 Å². The number of hydrogen-bond donors (Lipinski definition) is 0.